The van der Waals surface area contributed by atoms with Crippen LogP contribution in [0.15, 0.2) is 36.7 Å². The Labute approximate surface area is 161 Å². The number of methoxy groups -OCH3 is 1. The maximum Gasteiger partial charge on any atom is 0.251 e. The predicted molar refractivity (Wildman–Crippen MR) is 102 cm³/mol. The van der Waals surface area contributed by atoms with Crippen molar-refractivity contribution in [2.75, 3.05) is 25.5 Å². The molecule has 3 rings (SSSR count). The van der Waals surface area contributed by atoms with Crippen molar-refractivity contribution >= 4 is 11.7 Å². The smallest absolute Gasteiger partial charge is 0.251 e. The molecule has 0 aliphatic carbocycles. The third-order valence-electron chi connectivity index (χ3n) is 4.03. The van der Waals surface area contributed by atoms with E-state index in [-0.39, 0.29) is 17.2 Å². The van der Waals surface area contributed by atoms with Gasteiger partial charge in [0.1, 0.15) is 23.3 Å². The van der Waals surface area contributed by atoms with Gasteiger partial charge in [-0.1, -0.05) is 0 Å². The lowest BCUT2D eigenvalue weighted by Crippen LogP contribution is -2.29. The number of carbonyl (C=O) groups is 1. The number of rotatable bonds is 7. The molecule has 0 aliphatic rings. The molecule has 1 amide bonds. The maximum absolute atomic E-state index is 13.7. The highest BCUT2D eigenvalue weighted by Crippen LogP contribution is 2.17. The molecule has 0 saturated carbocycles. The van der Waals surface area contributed by atoms with Gasteiger partial charge in [-0.15, -0.1) is 0 Å². The van der Waals surface area contributed by atoms with Crippen LogP contribution in [0.25, 0.3) is 5.82 Å². The Morgan fingerprint density at radius 3 is 2.71 bits per heavy atom. The lowest BCUT2D eigenvalue weighted by Gasteiger charge is -2.11. The fraction of sp³-hybridized carbons (Fsp3) is 0.263. The fourth-order valence-corrected chi connectivity index (χ4v) is 2.66. The summed E-state index contributed by atoms with van der Waals surface area (Å²) in [6.07, 6.45) is 3.53. The lowest BCUT2D eigenvalue weighted by atomic mass is 10.2. The largest absolute Gasteiger partial charge is 0.494 e. The minimum Gasteiger partial charge on any atom is -0.494 e. The molecule has 0 bridgehead atoms. The minimum atomic E-state index is -0.577. The van der Waals surface area contributed by atoms with E-state index >= 15 is 0 Å². The van der Waals surface area contributed by atoms with Gasteiger partial charge in [0.25, 0.3) is 5.91 Å². The van der Waals surface area contributed by atoms with Crippen molar-refractivity contribution in [2.45, 2.75) is 13.8 Å². The third-order valence-corrected chi connectivity index (χ3v) is 4.03. The summed E-state index contributed by atoms with van der Waals surface area (Å²) in [5, 5.41) is 5.88. The van der Waals surface area contributed by atoms with Crippen molar-refractivity contribution in [3.8, 4) is 11.6 Å². The molecule has 2 N–H and O–H groups in total. The molecule has 3 aromatic rings. The number of aromatic nitrogens is 4. The van der Waals surface area contributed by atoms with E-state index in [9.17, 15) is 9.18 Å². The SMILES string of the molecule is COc1ccc(C(=O)NCCNc2cc(-n3ccnc3C)nc(C)n2)cc1F. The lowest BCUT2D eigenvalue weighted by molar-refractivity contribution is 0.0954. The van der Waals surface area contributed by atoms with Crippen molar-refractivity contribution in [3.63, 3.8) is 0 Å². The van der Waals surface area contributed by atoms with E-state index in [1.165, 1.54) is 19.2 Å². The van der Waals surface area contributed by atoms with Crippen LogP contribution in [0.4, 0.5) is 10.2 Å². The van der Waals surface area contributed by atoms with Crippen LogP contribution in [-0.4, -0.2) is 45.6 Å². The molecule has 9 heteroatoms. The minimum absolute atomic E-state index is 0.0984. The third kappa shape index (κ3) is 4.43. The van der Waals surface area contributed by atoms with Crippen LogP contribution in [0.2, 0.25) is 0 Å². The Hall–Kier alpha value is -3.49. The van der Waals surface area contributed by atoms with Crippen molar-refractivity contribution < 1.29 is 13.9 Å². The zero-order valence-corrected chi connectivity index (χ0v) is 15.9. The van der Waals surface area contributed by atoms with Crippen LogP contribution in [0, 0.1) is 19.7 Å². The van der Waals surface area contributed by atoms with Gasteiger partial charge in [-0.05, 0) is 32.0 Å². The Balaban J connectivity index is 1.57. The van der Waals surface area contributed by atoms with Gasteiger partial charge in [0, 0.05) is 37.1 Å². The molecule has 0 fully saturated rings. The van der Waals surface area contributed by atoms with Gasteiger partial charge in [0.2, 0.25) is 0 Å². The van der Waals surface area contributed by atoms with Crippen LogP contribution >= 0.6 is 0 Å². The molecule has 8 nitrogen and oxygen atoms in total. The molecule has 0 radical (unpaired) electrons. The van der Waals surface area contributed by atoms with Crippen molar-refractivity contribution in [1.82, 2.24) is 24.8 Å². The number of imidazole rings is 1. The Morgan fingerprint density at radius 2 is 2.04 bits per heavy atom. The summed E-state index contributed by atoms with van der Waals surface area (Å²) in [5.74, 6) is 1.95. The molecule has 0 atom stereocenters. The molecule has 146 valence electrons. The number of nitrogens with one attached hydrogen (secondary N) is 2. The van der Waals surface area contributed by atoms with E-state index in [2.05, 4.69) is 25.6 Å². The van der Waals surface area contributed by atoms with Crippen LogP contribution in [-0.2, 0) is 0 Å². The average molecular weight is 384 g/mol. The summed E-state index contributed by atoms with van der Waals surface area (Å²) in [5.41, 5.74) is 0.231. The van der Waals surface area contributed by atoms with Gasteiger partial charge in [0.15, 0.2) is 11.6 Å². The number of carbonyl (C=O) groups excluding carboxylic acids is 1. The predicted octanol–water partition coefficient (Wildman–Crippen LogP) is 2.27. The summed E-state index contributed by atoms with van der Waals surface area (Å²) in [6, 6.07) is 5.89. The molecule has 1 aromatic carbocycles. The molecule has 0 aliphatic heterocycles. The van der Waals surface area contributed by atoms with Gasteiger partial charge >= 0.3 is 0 Å². The number of aryl methyl sites for hydroxylation is 2. The quantitative estimate of drug-likeness (QED) is 0.607. The van der Waals surface area contributed by atoms with Crippen LogP contribution in [0.1, 0.15) is 22.0 Å². The second-order valence-corrected chi connectivity index (χ2v) is 6.04. The number of amides is 1. The van der Waals surface area contributed by atoms with Crippen molar-refractivity contribution in [1.29, 1.82) is 0 Å². The number of benzene rings is 1. The standard InChI is InChI=1S/C19H21FN6O2/c1-12-24-17(11-18(25-12)26-9-8-21-13(26)2)22-6-7-23-19(27)14-4-5-16(28-3)15(20)10-14/h4-5,8-11H,6-7H2,1-3H3,(H,23,27)(H,22,24,25). The molecule has 2 aromatic heterocycles. The van der Waals surface area contributed by atoms with E-state index in [1.807, 2.05) is 23.8 Å². The highest BCUT2D eigenvalue weighted by molar-refractivity contribution is 5.94. The summed E-state index contributed by atoms with van der Waals surface area (Å²) < 4.78 is 20.4. The first-order chi connectivity index (χ1) is 13.5. The Bertz CT molecular complexity index is 988. The van der Waals surface area contributed by atoms with E-state index < -0.39 is 5.82 Å². The number of anilines is 1. The normalized spacial score (nSPS) is 10.6. The van der Waals surface area contributed by atoms with Gasteiger partial charge in [-0.3, -0.25) is 9.36 Å². The van der Waals surface area contributed by atoms with Gasteiger partial charge in [-0.2, -0.15) is 0 Å². The second kappa shape index (κ2) is 8.47. The first-order valence-electron chi connectivity index (χ1n) is 8.69. The van der Waals surface area contributed by atoms with Gasteiger partial charge in [0.05, 0.1) is 7.11 Å². The number of ether oxygens (including phenoxy) is 1. The summed E-state index contributed by atoms with van der Waals surface area (Å²) in [4.78, 5) is 25.1. The van der Waals surface area contributed by atoms with Crippen LogP contribution < -0.4 is 15.4 Å². The van der Waals surface area contributed by atoms with Gasteiger partial charge < -0.3 is 15.4 Å². The number of nitrogens with zero attached hydrogens (tertiary/aromatic N) is 4. The van der Waals surface area contributed by atoms with Crippen molar-refractivity contribution in [3.05, 3.63) is 59.7 Å². The first-order valence-corrected chi connectivity index (χ1v) is 8.69. The molecule has 0 saturated heterocycles. The fourth-order valence-electron chi connectivity index (χ4n) is 2.66. The Morgan fingerprint density at radius 1 is 1.21 bits per heavy atom. The van der Waals surface area contributed by atoms with E-state index in [1.54, 1.807) is 13.1 Å². The number of hydrogen-bond acceptors (Lipinski definition) is 6. The summed E-state index contributed by atoms with van der Waals surface area (Å²) >= 11 is 0. The van der Waals surface area contributed by atoms with Gasteiger partial charge in [-0.25, -0.2) is 19.3 Å². The van der Waals surface area contributed by atoms with E-state index in [4.69, 9.17) is 4.74 Å². The first kappa shape index (κ1) is 19.3. The highest BCUT2D eigenvalue weighted by Gasteiger charge is 2.10. The monoisotopic (exact) mass is 384 g/mol. The maximum atomic E-state index is 13.7. The number of hydrogen-bond donors (Lipinski definition) is 2. The molecule has 28 heavy (non-hydrogen) atoms. The van der Waals surface area contributed by atoms with Crippen LogP contribution in [0.3, 0.4) is 0 Å². The number of halogens is 1. The second-order valence-electron chi connectivity index (χ2n) is 6.04. The summed E-state index contributed by atoms with van der Waals surface area (Å²) in [6.45, 7) is 4.49. The van der Waals surface area contributed by atoms with E-state index in [0.29, 0.717) is 30.5 Å². The molecule has 0 unspecified atom stereocenters. The molecular formula is C19H21FN6O2. The molecule has 0 spiro atoms. The highest BCUT2D eigenvalue weighted by atomic mass is 19.1. The topological polar surface area (TPSA) is 94.0 Å². The summed E-state index contributed by atoms with van der Waals surface area (Å²) in [7, 11) is 1.37. The van der Waals surface area contributed by atoms with Crippen LogP contribution in [0.5, 0.6) is 5.75 Å². The zero-order valence-electron chi connectivity index (χ0n) is 15.9. The molecular weight excluding hydrogens is 363 g/mol. The Kier molecular flexibility index (Phi) is 5.83. The van der Waals surface area contributed by atoms with E-state index in [0.717, 1.165) is 11.9 Å². The zero-order chi connectivity index (χ0) is 20.1. The molecule has 2 heterocycles. The van der Waals surface area contributed by atoms with Crippen molar-refractivity contribution in [2.24, 2.45) is 0 Å². The average Bonchev–Trinajstić information content (AvgIpc) is 3.10.